The SMILES string of the molecule is Cc1cc(Oc2ncnc3c2CCC3)c(C(C)C)cc1N. The lowest BCUT2D eigenvalue weighted by Crippen LogP contribution is -2.02. The fourth-order valence-electron chi connectivity index (χ4n) is 2.78. The summed E-state index contributed by atoms with van der Waals surface area (Å²) in [7, 11) is 0. The monoisotopic (exact) mass is 283 g/mol. The number of ether oxygens (including phenoxy) is 1. The Bertz CT molecular complexity index is 680. The number of nitrogens with two attached hydrogens (primary N) is 1. The molecule has 0 saturated carbocycles. The number of fused-ring (bicyclic) bond motifs is 1. The summed E-state index contributed by atoms with van der Waals surface area (Å²) in [6.07, 6.45) is 4.74. The Morgan fingerprint density at radius 2 is 2.00 bits per heavy atom. The van der Waals surface area contributed by atoms with E-state index in [0.717, 1.165) is 53.1 Å². The molecule has 110 valence electrons. The van der Waals surface area contributed by atoms with Gasteiger partial charge in [-0.15, -0.1) is 0 Å². The van der Waals surface area contributed by atoms with Gasteiger partial charge in [-0.3, -0.25) is 0 Å². The standard InChI is InChI=1S/C17H21N3O/c1-10(2)13-8-14(18)11(3)7-16(13)21-17-12-5-4-6-15(12)19-9-20-17/h7-10H,4-6,18H2,1-3H3. The summed E-state index contributed by atoms with van der Waals surface area (Å²) in [5, 5.41) is 0. The van der Waals surface area contributed by atoms with Crippen molar-refractivity contribution in [1.82, 2.24) is 9.97 Å². The molecule has 21 heavy (non-hydrogen) atoms. The Hall–Kier alpha value is -2.10. The zero-order valence-corrected chi connectivity index (χ0v) is 12.8. The van der Waals surface area contributed by atoms with Gasteiger partial charge in [0.2, 0.25) is 5.88 Å². The van der Waals surface area contributed by atoms with Crippen LogP contribution in [0.15, 0.2) is 18.5 Å². The lowest BCUT2D eigenvalue weighted by Gasteiger charge is -2.16. The molecular weight excluding hydrogens is 262 g/mol. The number of aryl methyl sites for hydroxylation is 2. The highest BCUT2D eigenvalue weighted by Gasteiger charge is 2.20. The molecule has 0 bridgehead atoms. The average Bonchev–Trinajstić information content (AvgIpc) is 2.91. The van der Waals surface area contributed by atoms with Crippen LogP contribution >= 0.6 is 0 Å². The predicted octanol–water partition coefficient (Wildman–Crippen LogP) is 3.77. The van der Waals surface area contributed by atoms with E-state index in [9.17, 15) is 0 Å². The van der Waals surface area contributed by atoms with E-state index in [4.69, 9.17) is 10.5 Å². The van der Waals surface area contributed by atoms with Gasteiger partial charge in [-0.2, -0.15) is 0 Å². The Morgan fingerprint density at radius 1 is 1.19 bits per heavy atom. The van der Waals surface area contributed by atoms with Gasteiger partial charge in [-0.05, 0) is 55.4 Å². The highest BCUT2D eigenvalue weighted by atomic mass is 16.5. The fourth-order valence-corrected chi connectivity index (χ4v) is 2.78. The van der Waals surface area contributed by atoms with Crippen molar-refractivity contribution in [2.75, 3.05) is 5.73 Å². The molecule has 4 heteroatoms. The van der Waals surface area contributed by atoms with Crippen LogP contribution < -0.4 is 10.5 Å². The predicted molar refractivity (Wildman–Crippen MR) is 83.8 cm³/mol. The fraction of sp³-hybridized carbons (Fsp3) is 0.412. The molecule has 3 rings (SSSR count). The third kappa shape index (κ3) is 2.58. The molecular formula is C17H21N3O. The maximum Gasteiger partial charge on any atom is 0.225 e. The lowest BCUT2D eigenvalue weighted by molar-refractivity contribution is 0.447. The molecule has 0 atom stereocenters. The number of benzene rings is 1. The third-order valence-corrected chi connectivity index (χ3v) is 4.06. The van der Waals surface area contributed by atoms with Gasteiger partial charge < -0.3 is 10.5 Å². The van der Waals surface area contributed by atoms with E-state index in [2.05, 4.69) is 23.8 Å². The first kappa shape index (κ1) is 13.9. The number of nitrogen functional groups attached to an aromatic ring is 1. The van der Waals surface area contributed by atoms with Gasteiger partial charge in [0.05, 0.1) is 5.69 Å². The Morgan fingerprint density at radius 3 is 2.76 bits per heavy atom. The molecule has 0 radical (unpaired) electrons. The zero-order chi connectivity index (χ0) is 15.0. The highest BCUT2D eigenvalue weighted by molar-refractivity contribution is 5.56. The van der Waals surface area contributed by atoms with Gasteiger partial charge in [-0.25, -0.2) is 9.97 Å². The summed E-state index contributed by atoms with van der Waals surface area (Å²) in [4.78, 5) is 8.67. The van der Waals surface area contributed by atoms with Gasteiger partial charge >= 0.3 is 0 Å². The van der Waals surface area contributed by atoms with E-state index in [1.165, 1.54) is 0 Å². The summed E-state index contributed by atoms with van der Waals surface area (Å²) < 4.78 is 6.14. The van der Waals surface area contributed by atoms with Crippen molar-refractivity contribution in [3.63, 3.8) is 0 Å². The van der Waals surface area contributed by atoms with Gasteiger partial charge in [0.25, 0.3) is 0 Å². The quantitative estimate of drug-likeness (QED) is 0.871. The van der Waals surface area contributed by atoms with E-state index in [0.29, 0.717) is 11.8 Å². The molecule has 1 aromatic carbocycles. The lowest BCUT2D eigenvalue weighted by atomic mass is 9.99. The largest absolute Gasteiger partial charge is 0.438 e. The number of rotatable bonds is 3. The average molecular weight is 283 g/mol. The van der Waals surface area contributed by atoms with Crippen LogP contribution in [-0.4, -0.2) is 9.97 Å². The summed E-state index contributed by atoms with van der Waals surface area (Å²) in [5.74, 6) is 1.89. The maximum atomic E-state index is 6.14. The van der Waals surface area contributed by atoms with E-state index in [1.54, 1.807) is 6.33 Å². The molecule has 0 saturated heterocycles. The van der Waals surface area contributed by atoms with Crippen molar-refractivity contribution in [1.29, 1.82) is 0 Å². The van der Waals surface area contributed by atoms with Crippen molar-refractivity contribution in [3.05, 3.63) is 40.8 Å². The maximum absolute atomic E-state index is 6.14. The Labute approximate surface area is 125 Å². The number of hydrogen-bond donors (Lipinski definition) is 1. The minimum Gasteiger partial charge on any atom is -0.438 e. The molecule has 1 aromatic heterocycles. The van der Waals surface area contributed by atoms with Crippen LogP contribution in [0, 0.1) is 6.92 Å². The third-order valence-electron chi connectivity index (χ3n) is 4.06. The van der Waals surface area contributed by atoms with Gasteiger partial charge in [0.15, 0.2) is 0 Å². The van der Waals surface area contributed by atoms with Crippen LogP contribution in [0.5, 0.6) is 11.6 Å². The van der Waals surface area contributed by atoms with Crippen molar-refractivity contribution in [3.8, 4) is 11.6 Å². The summed E-state index contributed by atoms with van der Waals surface area (Å²) in [6.45, 7) is 6.28. The molecule has 0 aliphatic heterocycles. The second-order valence-electron chi connectivity index (χ2n) is 5.96. The van der Waals surface area contributed by atoms with E-state index >= 15 is 0 Å². The molecule has 0 fully saturated rings. The molecule has 1 aliphatic rings. The zero-order valence-electron chi connectivity index (χ0n) is 12.8. The van der Waals surface area contributed by atoms with Crippen LogP contribution in [0.25, 0.3) is 0 Å². The molecule has 1 aliphatic carbocycles. The highest BCUT2D eigenvalue weighted by Crippen LogP contribution is 2.36. The number of aromatic nitrogens is 2. The number of anilines is 1. The first-order valence-electron chi connectivity index (χ1n) is 7.47. The van der Waals surface area contributed by atoms with Crippen molar-refractivity contribution < 1.29 is 4.74 Å². The summed E-state index contributed by atoms with van der Waals surface area (Å²) in [5.41, 5.74) is 11.3. The van der Waals surface area contributed by atoms with Crippen molar-refractivity contribution in [2.45, 2.75) is 46.0 Å². The van der Waals surface area contributed by atoms with Crippen LogP contribution in [0.2, 0.25) is 0 Å². The first-order chi connectivity index (χ1) is 10.1. The smallest absolute Gasteiger partial charge is 0.225 e. The molecule has 1 heterocycles. The first-order valence-corrected chi connectivity index (χ1v) is 7.47. The van der Waals surface area contributed by atoms with Crippen molar-refractivity contribution in [2.24, 2.45) is 0 Å². The van der Waals surface area contributed by atoms with Crippen LogP contribution in [0.3, 0.4) is 0 Å². The Kier molecular flexibility index (Phi) is 3.53. The molecule has 0 amide bonds. The van der Waals surface area contributed by atoms with Gasteiger partial charge in [0, 0.05) is 11.3 Å². The second-order valence-corrected chi connectivity index (χ2v) is 5.96. The second kappa shape index (κ2) is 5.35. The van der Waals surface area contributed by atoms with E-state index < -0.39 is 0 Å². The summed E-state index contributed by atoms with van der Waals surface area (Å²) >= 11 is 0. The molecule has 0 unspecified atom stereocenters. The van der Waals surface area contributed by atoms with Gasteiger partial charge in [-0.1, -0.05) is 13.8 Å². The molecule has 4 nitrogen and oxygen atoms in total. The summed E-state index contributed by atoms with van der Waals surface area (Å²) in [6, 6.07) is 4.02. The topological polar surface area (TPSA) is 61.0 Å². The molecule has 0 spiro atoms. The van der Waals surface area contributed by atoms with Crippen LogP contribution in [0.4, 0.5) is 5.69 Å². The number of hydrogen-bond acceptors (Lipinski definition) is 4. The minimum atomic E-state index is 0.345. The molecule has 2 aromatic rings. The van der Waals surface area contributed by atoms with Gasteiger partial charge in [0.1, 0.15) is 12.1 Å². The van der Waals surface area contributed by atoms with Crippen molar-refractivity contribution >= 4 is 5.69 Å². The normalized spacial score (nSPS) is 13.5. The van der Waals surface area contributed by atoms with E-state index in [-0.39, 0.29) is 0 Å². The minimum absolute atomic E-state index is 0.345. The van der Waals surface area contributed by atoms with Crippen LogP contribution in [0.1, 0.15) is 48.6 Å². The Balaban J connectivity index is 2.02. The van der Waals surface area contributed by atoms with Crippen LogP contribution in [-0.2, 0) is 12.8 Å². The van der Waals surface area contributed by atoms with E-state index in [1.807, 2.05) is 19.1 Å². The molecule has 2 N–H and O–H groups in total. The number of nitrogens with zero attached hydrogens (tertiary/aromatic N) is 2.